The lowest BCUT2D eigenvalue weighted by molar-refractivity contribution is -0.149. The Morgan fingerprint density at radius 3 is 2.10 bits per heavy atom. The highest BCUT2D eigenvalue weighted by Crippen LogP contribution is 2.51. The monoisotopic (exact) mass is 322 g/mol. The van der Waals surface area contributed by atoms with Gasteiger partial charge in [-0.05, 0) is 49.2 Å². The number of carboxylic acids is 1. The molecule has 2 heterocycles. The lowest BCUT2D eigenvalue weighted by atomic mass is 9.73. The van der Waals surface area contributed by atoms with Crippen molar-refractivity contribution in [2.75, 3.05) is 11.5 Å². The van der Waals surface area contributed by atoms with Crippen LogP contribution in [-0.4, -0.2) is 33.1 Å². The van der Waals surface area contributed by atoms with Crippen LogP contribution in [0.3, 0.4) is 0 Å². The molecule has 2 unspecified atom stereocenters. The van der Waals surface area contributed by atoms with Crippen molar-refractivity contribution in [2.24, 2.45) is 5.41 Å². The molecule has 0 saturated carbocycles. The maximum atomic E-state index is 12.4. The Balaban J connectivity index is 1.96. The Kier molecular flexibility index (Phi) is 4.85. The molecule has 0 amide bonds. The minimum atomic E-state index is -0.594. The SMILES string of the molecule is O=C(O)C(Cc1ccccc1)(C1CCCS1)C1CCCS1. The van der Waals surface area contributed by atoms with Crippen molar-refractivity contribution >= 4 is 29.5 Å². The fraction of sp³-hybridized carbons (Fsp3) is 0.588. The summed E-state index contributed by atoms with van der Waals surface area (Å²) in [6.07, 6.45) is 5.12. The maximum Gasteiger partial charge on any atom is 0.312 e. The molecule has 4 heteroatoms. The third kappa shape index (κ3) is 2.98. The minimum absolute atomic E-state index is 0.269. The molecule has 0 radical (unpaired) electrons. The summed E-state index contributed by atoms with van der Waals surface area (Å²) in [5.74, 6) is 1.66. The standard InChI is InChI=1S/C17H22O2S2/c18-16(19)17(14-8-4-10-20-14,15-9-5-11-21-15)12-13-6-2-1-3-7-13/h1-3,6-7,14-15H,4-5,8-12H2,(H,18,19). The van der Waals surface area contributed by atoms with E-state index in [2.05, 4.69) is 12.1 Å². The first-order chi connectivity index (χ1) is 10.2. The first-order valence-electron chi connectivity index (χ1n) is 7.74. The summed E-state index contributed by atoms with van der Waals surface area (Å²) in [5.41, 5.74) is 0.573. The molecule has 1 aromatic rings. The van der Waals surface area contributed by atoms with E-state index < -0.39 is 11.4 Å². The summed E-state index contributed by atoms with van der Waals surface area (Å²) in [4.78, 5) is 12.4. The molecule has 3 rings (SSSR count). The zero-order valence-corrected chi connectivity index (χ0v) is 13.8. The molecule has 2 atom stereocenters. The number of rotatable bonds is 5. The van der Waals surface area contributed by atoms with Gasteiger partial charge in [0.15, 0.2) is 0 Å². The molecule has 2 aliphatic rings. The van der Waals surface area contributed by atoms with Crippen LogP contribution >= 0.6 is 23.5 Å². The zero-order chi connectivity index (χ0) is 14.7. The van der Waals surface area contributed by atoms with E-state index in [0.717, 1.165) is 37.2 Å². The van der Waals surface area contributed by atoms with E-state index in [1.54, 1.807) is 0 Å². The number of carbonyl (C=O) groups is 1. The smallest absolute Gasteiger partial charge is 0.312 e. The Bertz CT molecular complexity index is 461. The Morgan fingerprint density at radius 1 is 1.10 bits per heavy atom. The van der Waals surface area contributed by atoms with Crippen LogP contribution in [0.25, 0.3) is 0 Å². The van der Waals surface area contributed by atoms with Gasteiger partial charge in [0, 0.05) is 10.5 Å². The second kappa shape index (κ2) is 6.66. The van der Waals surface area contributed by atoms with Crippen LogP contribution in [0.15, 0.2) is 30.3 Å². The van der Waals surface area contributed by atoms with E-state index in [1.165, 1.54) is 5.56 Å². The number of carboxylic acid groups (broad SMARTS) is 1. The summed E-state index contributed by atoms with van der Waals surface area (Å²) in [6, 6.07) is 10.2. The maximum absolute atomic E-state index is 12.4. The van der Waals surface area contributed by atoms with Gasteiger partial charge in [-0.2, -0.15) is 23.5 Å². The van der Waals surface area contributed by atoms with E-state index in [9.17, 15) is 9.90 Å². The van der Waals surface area contributed by atoms with Crippen molar-refractivity contribution in [3.05, 3.63) is 35.9 Å². The first-order valence-corrected chi connectivity index (χ1v) is 9.84. The average molecular weight is 322 g/mol. The van der Waals surface area contributed by atoms with Crippen LogP contribution in [-0.2, 0) is 11.2 Å². The lowest BCUT2D eigenvalue weighted by Crippen LogP contribution is -2.49. The van der Waals surface area contributed by atoms with Crippen molar-refractivity contribution in [2.45, 2.75) is 42.6 Å². The van der Waals surface area contributed by atoms with Crippen molar-refractivity contribution < 1.29 is 9.90 Å². The highest BCUT2D eigenvalue weighted by atomic mass is 32.2. The molecule has 0 spiro atoms. The Hall–Kier alpha value is -0.610. The van der Waals surface area contributed by atoms with Crippen LogP contribution in [0.5, 0.6) is 0 Å². The topological polar surface area (TPSA) is 37.3 Å². The van der Waals surface area contributed by atoms with Crippen LogP contribution in [0.4, 0.5) is 0 Å². The molecule has 114 valence electrons. The summed E-state index contributed by atoms with van der Waals surface area (Å²) >= 11 is 3.78. The molecule has 0 aromatic heterocycles. The van der Waals surface area contributed by atoms with Gasteiger partial charge in [0.05, 0.1) is 5.41 Å². The zero-order valence-electron chi connectivity index (χ0n) is 12.2. The third-order valence-electron chi connectivity index (χ3n) is 4.75. The van der Waals surface area contributed by atoms with Gasteiger partial charge in [0.2, 0.25) is 0 Å². The number of hydrogen-bond acceptors (Lipinski definition) is 3. The van der Waals surface area contributed by atoms with E-state index >= 15 is 0 Å². The summed E-state index contributed by atoms with van der Waals surface area (Å²) in [7, 11) is 0. The normalized spacial score (nSPS) is 28.4. The van der Waals surface area contributed by atoms with Crippen molar-refractivity contribution in [1.82, 2.24) is 0 Å². The van der Waals surface area contributed by atoms with Crippen LogP contribution in [0.1, 0.15) is 31.2 Å². The molecule has 1 aromatic carbocycles. The predicted octanol–water partition coefficient (Wildman–Crippen LogP) is 4.09. The summed E-state index contributed by atoms with van der Waals surface area (Å²) in [5, 5.41) is 10.7. The van der Waals surface area contributed by atoms with Crippen molar-refractivity contribution in [3.63, 3.8) is 0 Å². The first kappa shape index (κ1) is 15.3. The van der Waals surface area contributed by atoms with Gasteiger partial charge in [-0.25, -0.2) is 0 Å². The highest BCUT2D eigenvalue weighted by Gasteiger charge is 2.53. The van der Waals surface area contributed by atoms with Gasteiger partial charge in [-0.3, -0.25) is 4.79 Å². The van der Waals surface area contributed by atoms with E-state index in [1.807, 2.05) is 41.7 Å². The fourth-order valence-electron chi connectivity index (χ4n) is 3.69. The van der Waals surface area contributed by atoms with Crippen molar-refractivity contribution in [3.8, 4) is 0 Å². The minimum Gasteiger partial charge on any atom is -0.481 e. The van der Waals surface area contributed by atoms with E-state index in [4.69, 9.17) is 0 Å². The highest BCUT2D eigenvalue weighted by molar-refractivity contribution is 8.01. The lowest BCUT2D eigenvalue weighted by Gasteiger charge is -2.39. The quantitative estimate of drug-likeness (QED) is 0.886. The van der Waals surface area contributed by atoms with Gasteiger partial charge in [0.25, 0.3) is 0 Å². The molecular formula is C17H22O2S2. The summed E-state index contributed by atoms with van der Waals surface area (Å²) in [6.45, 7) is 0. The van der Waals surface area contributed by atoms with Crippen molar-refractivity contribution in [1.29, 1.82) is 0 Å². The molecule has 1 N–H and O–H groups in total. The summed E-state index contributed by atoms with van der Waals surface area (Å²) < 4.78 is 0. The van der Waals surface area contributed by atoms with Crippen LogP contribution in [0, 0.1) is 5.41 Å². The van der Waals surface area contributed by atoms with Gasteiger partial charge in [0.1, 0.15) is 0 Å². The fourth-order valence-corrected chi connectivity index (χ4v) is 6.97. The number of aliphatic carboxylic acids is 1. The number of benzene rings is 1. The van der Waals surface area contributed by atoms with E-state index in [0.29, 0.717) is 6.42 Å². The molecule has 2 fully saturated rings. The van der Waals surface area contributed by atoms with Gasteiger partial charge in [-0.15, -0.1) is 0 Å². The predicted molar refractivity (Wildman–Crippen MR) is 91.2 cm³/mol. The molecule has 21 heavy (non-hydrogen) atoms. The Morgan fingerprint density at radius 2 is 1.67 bits per heavy atom. The molecule has 2 saturated heterocycles. The second-order valence-corrected chi connectivity index (χ2v) is 8.63. The number of thioether (sulfide) groups is 2. The molecule has 0 bridgehead atoms. The molecule has 2 nitrogen and oxygen atoms in total. The second-order valence-electron chi connectivity index (χ2n) is 6.01. The average Bonchev–Trinajstić information content (AvgIpc) is 3.19. The number of hydrogen-bond donors (Lipinski definition) is 1. The van der Waals surface area contributed by atoms with Crippen LogP contribution in [0.2, 0.25) is 0 Å². The third-order valence-corrected chi connectivity index (χ3v) is 7.91. The molecule has 0 aliphatic carbocycles. The van der Waals surface area contributed by atoms with Gasteiger partial charge in [-0.1, -0.05) is 30.3 Å². The van der Waals surface area contributed by atoms with Gasteiger partial charge < -0.3 is 5.11 Å². The largest absolute Gasteiger partial charge is 0.481 e. The van der Waals surface area contributed by atoms with Gasteiger partial charge >= 0.3 is 5.97 Å². The van der Waals surface area contributed by atoms with E-state index in [-0.39, 0.29) is 10.5 Å². The molecule has 2 aliphatic heterocycles. The molecular weight excluding hydrogens is 300 g/mol. The Labute approximate surface area is 135 Å². The van der Waals surface area contributed by atoms with Crippen LogP contribution < -0.4 is 0 Å².